The summed E-state index contributed by atoms with van der Waals surface area (Å²) in [5.41, 5.74) is 5.89. The molecule has 0 aliphatic heterocycles. The fourth-order valence-electron chi connectivity index (χ4n) is 1.48. The first-order chi connectivity index (χ1) is 8.61. The molecule has 0 saturated heterocycles. The number of aryl methyl sites for hydroxylation is 3. The molecule has 0 amide bonds. The van der Waals surface area contributed by atoms with E-state index in [9.17, 15) is 4.79 Å². The Morgan fingerprint density at radius 1 is 1.61 bits per heavy atom. The van der Waals surface area contributed by atoms with Gasteiger partial charge in [0.2, 0.25) is 5.89 Å². The Morgan fingerprint density at radius 2 is 2.39 bits per heavy atom. The molecule has 2 rings (SSSR count). The van der Waals surface area contributed by atoms with Crippen molar-refractivity contribution < 1.29 is 14.1 Å². The lowest BCUT2D eigenvalue weighted by Crippen LogP contribution is -2.09. The molecule has 8 nitrogen and oxygen atoms in total. The van der Waals surface area contributed by atoms with Gasteiger partial charge in [-0.25, -0.2) is 9.78 Å². The second-order valence-corrected chi connectivity index (χ2v) is 3.65. The fraction of sp³-hybridized carbons (Fsp3) is 0.400. The van der Waals surface area contributed by atoms with E-state index in [1.807, 2.05) is 0 Å². The van der Waals surface area contributed by atoms with Crippen molar-refractivity contribution in [3.8, 4) is 0 Å². The number of nitrogens with zero attached hydrogens (tertiary/aromatic N) is 4. The van der Waals surface area contributed by atoms with E-state index in [1.54, 1.807) is 11.5 Å². The third-order valence-electron chi connectivity index (χ3n) is 2.39. The van der Waals surface area contributed by atoms with Crippen LogP contribution >= 0.6 is 0 Å². The van der Waals surface area contributed by atoms with E-state index in [4.69, 9.17) is 10.3 Å². The maximum absolute atomic E-state index is 11.3. The van der Waals surface area contributed by atoms with Crippen LogP contribution in [0.2, 0.25) is 0 Å². The van der Waals surface area contributed by atoms with Gasteiger partial charge in [-0.2, -0.15) is 4.98 Å². The monoisotopic (exact) mass is 251 g/mol. The van der Waals surface area contributed by atoms with Crippen LogP contribution in [0.15, 0.2) is 10.9 Å². The molecule has 2 heterocycles. The number of rotatable bonds is 4. The van der Waals surface area contributed by atoms with Crippen molar-refractivity contribution in [3.05, 3.63) is 23.7 Å². The van der Waals surface area contributed by atoms with Crippen LogP contribution in [0.4, 0.5) is 5.82 Å². The normalized spacial score (nSPS) is 10.6. The van der Waals surface area contributed by atoms with Gasteiger partial charge in [-0.05, 0) is 6.92 Å². The summed E-state index contributed by atoms with van der Waals surface area (Å²) < 4.78 is 11.2. The molecule has 2 N–H and O–H groups in total. The minimum atomic E-state index is -0.556. The molecule has 18 heavy (non-hydrogen) atoms. The molecular formula is C10H13N5O3. The van der Waals surface area contributed by atoms with E-state index in [0.29, 0.717) is 24.7 Å². The van der Waals surface area contributed by atoms with Gasteiger partial charge >= 0.3 is 5.97 Å². The second-order valence-electron chi connectivity index (χ2n) is 3.65. The summed E-state index contributed by atoms with van der Waals surface area (Å²) in [4.78, 5) is 19.3. The Bertz CT molecular complexity index is 560. The number of hydrogen-bond donors (Lipinski definition) is 1. The molecule has 0 spiro atoms. The summed E-state index contributed by atoms with van der Waals surface area (Å²) in [7, 11) is 1.28. The maximum atomic E-state index is 11.3. The van der Waals surface area contributed by atoms with Crippen LogP contribution in [-0.4, -0.2) is 32.8 Å². The number of carbonyl (C=O) groups is 1. The smallest absolute Gasteiger partial charge is 0.360 e. The summed E-state index contributed by atoms with van der Waals surface area (Å²) in [6, 6.07) is 0. The SMILES string of the molecule is COC(=O)c1ncn(CCc2nc(C)no2)c1N. The van der Waals surface area contributed by atoms with Gasteiger partial charge in [0.1, 0.15) is 5.82 Å². The molecule has 0 aliphatic carbocycles. The third-order valence-corrected chi connectivity index (χ3v) is 2.39. The zero-order valence-electron chi connectivity index (χ0n) is 10.1. The Balaban J connectivity index is 2.06. The van der Waals surface area contributed by atoms with Crippen molar-refractivity contribution in [2.75, 3.05) is 12.8 Å². The van der Waals surface area contributed by atoms with Crippen molar-refractivity contribution in [1.82, 2.24) is 19.7 Å². The van der Waals surface area contributed by atoms with E-state index >= 15 is 0 Å². The number of anilines is 1. The Hall–Kier alpha value is -2.38. The molecule has 0 bridgehead atoms. The predicted molar refractivity (Wildman–Crippen MR) is 60.7 cm³/mol. The zero-order chi connectivity index (χ0) is 13.1. The number of aromatic nitrogens is 4. The zero-order valence-corrected chi connectivity index (χ0v) is 10.1. The number of imidazole rings is 1. The lowest BCUT2D eigenvalue weighted by molar-refractivity contribution is 0.0596. The summed E-state index contributed by atoms with van der Waals surface area (Å²) >= 11 is 0. The first-order valence-electron chi connectivity index (χ1n) is 5.30. The van der Waals surface area contributed by atoms with Gasteiger partial charge in [0.15, 0.2) is 11.5 Å². The maximum Gasteiger partial charge on any atom is 0.360 e. The molecule has 2 aromatic heterocycles. The number of carbonyl (C=O) groups excluding carboxylic acids is 1. The van der Waals surface area contributed by atoms with Crippen LogP contribution in [0.1, 0.15) is 22.2 Å². The lowest BCUT2D eigenvalue weighted by Gasteiger charge is -2.02. The van der Waals surface area contributed by atoms with Crippen LogP contribution in [-0.2, 0) is 17.7 Å². The van der Waals surface area contributed by atoms with Crippen LogP contribution in [0.25, 0.3) is 0 Å². The highest BCUT2D eigenvalue weighted by Crippen LogP contribution is 2.12. The minimum Gasteiger partial charge on any atom is -0.464 e. The number of nitrogens with two attached hydrogens (primary N) is 1. The third kappa shape index (κ3) is 2.31. The highest BCUT2D eigenvalue weighted by Gasteiger charge is 2.16. The Morgan fingerprint density at radius 3 is 3.00 bits per heavy atom. The average molecular weight is 251 g/mol. The average Bonchev–Trinajstić information content (AvgIpc) is 2.92. The van der Waals surface area contributed by atoms with Gasteiger partial charge in [0, 0.05) is 13.0 Å². The lowest BCUT2D eigenvalue weighted by atomic mass is 10.4. The molecular weight excluding hydrogens is 238 g/mol. The summed E-state index contributed by atoms with van der Waals surface area (Å²) in [6.07, 6.45) is 1.99. The standard InChI is InChI=1S/C10H13N5O3/c1-6-13-7(18-14-6)3-4-15-5-12-8(9(15)11)10(16)17-2/h5H,3-4,11H2,1-2H3. The van der Waals surface area contributed by atoms with Crippen LogP contribution in [0.5, 0.6) is 0 Å². The van der Waals surface area contributed by atoms with Crippen LogP contribution < -0.4 is 5.73 Å². The van der Waals surface area contributed by atoms with Gasteiger partial charge in [0.25, 0.3) is 0 Å². The van der Waals surface area contributed by atoms with Crippen molar-refractivity contribution in [1.29, 1.82) is 0 Å². The van der Waals surface area contributed by atoms with Gasteiger partial charge in [0.05, 0.1) is 13.4 Å². The highest BCUT2D eigenvalue weighted by molar-refractivity contribution is 5.91. The van der Waals surface area contributed by atoms with Crippen LogP contribution in [0.3, 0.4) is 0 Å². The summed E-state index contributed by atoms with van der Waals surface area (Å²) in [5.74, 6) is 0.803. The number of hydrogen-bond acceptors (Lipinski definition) is 7. The topological polar surface area (TPSA) is 109 Å². The number of methoxy groups -OCH3 is 1. The molecule has 2 aromatic rings. The molecule has 0 fully saturated rings. The van der Waals surface area contributed by atoms with Crippen LogP contribution in [0, 0.1) is 6.92 Å². The van der Waals surface area contributed by atoms with Crippen molar-refractivity contribution in [3.63, 3.8) is 0 Å². The quantitative estimate of drug-likeness (QED) is 0.772. The second kappa shape index (κ2) is 4.86. The molecule has 8 heteroatoms. The van der Waals surface area contributed by atoms with Gasteiger partial charge in [-0.3, -0.25) is 0 Å². The van der Waals surface area contributed by atoms with E-state index < -0.39 is 5.97 Å². The van der Waals surface area contributed by atoms with Crippen molar-refractivity contribution in [2.24, 2.45) is 0 Å². The van der Waals surface area contributed by atoms with Gasteiger partial charge in [-0.15, -0.1) is 0 Å². The summed E-state index contributed by atoms with van der Waals surface area (Å²) in [6.45, 7) is 2.24. The van der Waals surface area contributed by atoms with Gasteiger partial charge in [-0.1, -0.05) is 5.16 Å². The molecule has 0 atom stereocenters. The number of nitrogen functional groups attached to an aromatic ring is 1. The van der Waals surface area contributed by atoms with Crippen molar-refractivity contribution in [2.45, 2.75) is 19.9 Å². The van der Waals surface area contributed by atoms with E-state index in [0.717, 1.165) is 0 Å². The molecule has 96 valence electrons. The first kappa shape index (κ1) is 12.1. The Kier molecular flexibility index (Phi) is 3.26. The highest BCUT2D eigenvalue weighted by atomic mass is 16.5. The predicted octanol–water partition coefficient (Wildman–Crippen LogP) is 0.186. The minimum absolute atomic E-state index is 0.110. The number of ether oxygens (including phenoxy) is 1. The van der Waals surface area contributed by atoms with Gasteiger partial charge < -0.3 is 19.6 Å². The fourth-order valence-corrected chi connectivity index (χ4v) is 1.48. The first-order valence-corrected chi connectivity index (χ1v) is 5.30. The summed E-state index contributed by atoms with van der Waals surface area (Å²) in [5, 5.41) is 3.68. The number of esters is 1. The largest absolute Gasteiger partial charge is 0.464 e. The molecule has 0 saturated carbocycles. The molecule has 0 unspecified atom stereocenters. The van der Waals surface area contributed by atoms with Crippen molar-refractivity contribution >= 4 is 11.8 Å². The molecule has 0 aliphatic rings. The Labute approximate surface area is 103 Å². The van der Waals surface area contributed by atoms with E-state index in [2.05, 4.69) is 19.9 Å². The molecule has 0 radical (unpaired) electrons. The molecule has 0 aromatic carbocycles. The van der Waals surface area contributed by atoms with E-state index in [1.165, 1.54) is 13.4 Å². The van der Waals surface area contributed by atoms with E-state index in [-0.39, 0.29) is 11.5 Å².